The van der Waals surface area contributed by atoms with Crippen molar-refractivity contribution >= 4 is 41.1 Å². The van der Waals surface area contributed by atoms with Crippen LogP contribution in [-0.2, 0) is 19.7 Å². The Hall–Kier alpha value is -2.81. The van der Waals surface area contributed by atoms with Crippen LogP contribution in [0.3, 0.4) is 0 Å². The lowest BCUT2D eigenvalue weighted by atomic mass is 9.76. The van der Waals surface area contributed by atoms with E-state index in [1.54, 1.807) is 12.1 Å². The van der Waals surface area contributed by atoms with Gasteiger partial charge in [-0.25, -0.2) is 4.79 Å². The molecule has 0 bridgehead atoms. The monoisotopic (exact) mass is 631 g/mol. The number of halogens is 2. The Labute approximate surface area is 264 Å². The van der Waals surface area contributed by atoms with Gasteiger partial charge < -0.3 is 25.8 Å². The second-order valence-corrected chi connectivity index (χ2v) is 13.2. The van der Waals surface area contributed by atoms with Crippen molar-refractivity contribution < 1.29 is 24.2 Å². The Balaban J connectivity index is 1.54. The van der Waals surface area contributed by atoms with Crippen molar-refractivity contribution in [2.75, 3.05) is 13.2 Å². The number of hydrogen-bond acceptors (Lipinski definition) is 5. The number of amides is 3. The van der Waals surface area contributed by atoms with Gasteiger partial charge in [-0.1, -0.05) is 99.5 Å². The van der Waals surface area contributed by atoms with Crippen LogP contribution in [0.1, 0.15) is 82.4 Å². The molecule has 43 heavy (non-hydrogen) atoms. The molecule has 1 aliphatic carbocycles. The third-order valence-electron chi connectivity index (χ3n) is 8.84. The summed E-state index contributed by atoms with van der Waals surface area (Å²) in [6.45, 7) is 4.19. The average molecular weight is 633 g/mol. The third kappa shape index (κ3) is 8.87. The number of nitrogens with one attached hydrogen (secondary N) is 3. The van der Waals surface area contributed by atoms with Crippen LogP contribution in [0.15, 0.2) is 48.5 Å². The maximum absolute atomic E-state index is 13.6. The van der Waals surface area contributed by atoms with E-state index in [1.165, 1.54) is 0 Å². The van der Waals surface area contributed by atoms with E-state index in [0.717, 1.165) is 37.7 Å². The Morgan fingerprint density at radius 1 is 1.02 bits per heavy atom. The van der Waals surface area contributed by atoms with Crippen molar-refractivity contribution in [1.82, 2.24) is 16.0 Å². The summed E-state index contributed by atoms with van der Waals surface area (Å²) in [6.07, 6.45) is 5.20. The number of carbonyl (C=O) groups is 3. The van der Waals surface area contributed by atoms with E-state index < -0.39 is 35.6 Å². The standard InChI is InChI=1S/C33H43Cl2N3O5/c1-33(2,23-11-8-12-24(34)19-23)29(26-13-6-7-14-27(26)35)43-32(42)38-28(17-21-9-4-3-5-10-21)31(41)37-25(20-39)18-22-15-16-36-30(22)40/h6-8,11-14,19,21-22,25,28-29,39H,3-5,9-10,15-18,20H2,1-2H3,(H,36,40)(H,37,41)(H,38,42)/t22-,25?,28?,29?/m0/s1. The normalized spacial score (nSPS) is 19.7. The Kier molecular flexibility index (Phi) is 11.7. The molecule has 4 atom stereocenters. The highest BCUT2D eigenvalue weighted by atomic mass is 35.5. The SMILES string of the molecule is CC(C)(c1cccc(Cl)c1)C(OC(=O)NC(CC1CCCCC1)C(=O)NC(CO)C[C@@H]1CCNC1=O)c1ccccc1Cl. The van der Waals surface area contributed by atoms with Crippen LogP contribution in [0, 0.1) is 11.8 Å². The second kappa shape index (κ2) is 15.3. The lowest BCUT2D eigenvalue weighted by molar-refractivity contribution is -0.126. The average Bonchev–Trinajstić information content (AvgIpc) is 3.39. The zero-order chi connectivity index (χ0) is 31.0. The molecule has 3 amide bonds. The summed E-state index contributed by atoms with van der Waals surface area (Å²) in [4.78, 5) is 39.3. The summed E-state index contributed by atoms with van der Waals surface area (Å²) >= 11 is 12.9. The number of rotatable bonds is 12. The Bertz CT molecular complexity index is 1270. The fraction of sp³-hybridized carbons (Fsp3) is 0.545. The Morgan fingerprint density at radius 3 is 2.42 bits per heavy atom. The second-order valence-electron chi connectivity index (χ2n) is 12.4. The van der Waals surface area contributed by atoms with Crippen molar-refractivity contribution in [3.05, 3.63) is 69.7 Å². The van der Waals surface area contributed by atoms with E-state index in [9.17, 15) is 19.5 Å². The molecule has 0 spiro atoms. The van der Waals surface area contributed by atoms with Gasteiger partial charge in [-0.2, -0.15) is 0 Å². The van der Waals surface area contributed by atoms with Crippen LogP contribution in [0.4, 0.5) is 4.79 Å². The minimum atomic E-state index is -0.872. The fourth-order valence-electron chi connectivity index (χ4n) is 6.29. The largest absolute Gasteiger partial charge is 0.440 e. The molecule has 1 saturated heterocycles. The van der Waals surface area contributed by atoms with Gasteiger partial charge in [0, 0.05) is 33.5 Å². The number of aliphatic hydroxyl groups is 1. The molecule has 2 aliphatic rings. The van der Waals surface area contributed by atoms with Gasteiger partial charge in [-0.05, 0) is 48.9 Å². The van der Waals surface area contributed by atoms with Gasteiger partial charge in [-0.3, -0.25) is 9.59 Å². The van der Waals surface area contributed by atoms with Crippen molar-refractivity contribution in [1.29, 1.82) is 0 Å². The van der Waals surface area contributed by atoms with Gasteiger partial charge in [0.25, 0.3) is 0 Å². The molecule has 3 unspecified atom stereocenters. The molecule has 2 aromatic carbocycles. The molecule has 4 rings (SSSR count). The van der Waals surface area contributed by atoms with Crippen molar-refractivity contribution in [3.8, 4) is 0 Å². The molecule has 8 nitrogen and oxygen atoms in total. The lowest BCUT2D eigenvalue weighted by Gasteiger charge is -2.36. The highest BCUT2D eigenvalue weighted by Crippen LogP contribution is 2.42. The van der Waals surface area contributed by atoms with Crippen LogP contribution in [0.25, 0.3) is 0 Å². The molecule has 10 heteroatoms. The van der Waals surface area contributed by atoms with Crippen LogP contribution in [0.2, 0.25) is 10.0 Å². The predicted molar refractivity (Wildman–Crippen MR) is 168 cm³/mol. The summed E-state index contributed by atoms with van der Waals surface area (Å²) in [5.41, 5.74) is 0.752. The minimum Gasteiger partial charge on any atom is -0.440 e. The molecule has 1 aliphatic heterocycles. The summed E-state index contributed by atoms with van der Waals surface area (Å²) in [6, 6.07) is 13.1. The van der Waals surface area contributed by atoms with Crippen molar-refractivity contribution in [3.63, 3.8) is 0 Å². The van der Waals surface area contributed by atoms with Crippen LogP contribution < -0.4 is 16.0 Å². The minimum absolute atomic E-state index is 0.0684. The fourth-order valence-corrected chi connectivity index (χ4v) is 6.72. The number of hydrogen-bond donors (Lipinski definition) is 4. The molecule has 0 radical (unpaired) electrons. The molecule has 2 aromatic rings. The van der Waals surface area contributed by atoms with Crippen LogP contribution >= 0.6 is 23.2 Å². The molecular weight excluding hydrogens is 589 g/mol. The number of carbonyl (C=O) groups excluding carboxylic acids is 3. The first-order chi connectivity index (χ1) is 20.6. The van der Waals surface area contributed by atoms with E-state index >= 15 is 0 Å². The number of ether oxygens (including phenoxy) is 1. The van der Waals surface area contributed by atoms with Crippen LogP contribution in [-0.4, -0.2) is 48.2 Å². The first-order valence-electron chi connectivity index (χ1n) is 15.2. The van der Waals surface area contributed by atoms with Gasteiger partial charge in [0.15, 0.2) is 0 Å². The number of alkyl carbamates (subject to hydrolysis) is 1. The van der Waals surface area contributed by atoms with Crippen LogP contribution in [0.5, 0.6) is 0 Å². The molecule has 234 valence electrons. The third-order valence-corrected chi connectivity index (χ3v) is 9.42. The molecule has 0 aromatic heterocycles. The predicted octanol–water partition coefficient (Wildman–Crippen LogP) is 6.08. The van der Waals surface area contributed by atoms with E-state index in [-0.39, 0.29) is 24.3 Å². The van der Waals surface area contributed by atoms with Crippen molar-refractivity contribution in [2.24, 2.45) is 11.8 Å². The quantitative estimate of drug-likeness (QED) is 0.226. The van der Waals surface area contributed by atoms with Gasteiger partial charge >= 0.3 is 6.09 Å². The molecule has 1 saturated carbocycles. The van der Waals surface area contributed by atoms with Gasteiger partial charge in [0.2, 0.25) is 11.8 Å². The summed E-state index contributed by atoms with van der Waals surface area (Å²) < 4.78 is 6.14. The topological polar surface area (TPSA) is 117 Å². The number of benzene rings is 2. The van der Waals surface area contributed by atoms with Gasteiger partial charge in [-0.15, -0.1) is 0 Å². The highest BCUT2D eigenvalue weighted by molar-refractivity contribution is 6.31. The summed E-state index contributed by atoms with van der Waals surface area (Å²) in [5.74, 6) is -0.456. The maximum atomic E-state index is 13.6. The zero-order valence-corrected chi connectivity index (χ0v) is 26.4. The first-order valence-corrected chi connectivity index (χ1v) is 16.0. The van der Waals surface area contributed by atoms with E-state index in [1.807, 2.05) is 50.2 Å². The highest BCUT2D eigenvalue weighted by Gasteiger charge is 2.38. The first kappa shape index (κ1) is 33.1. The summed E-state index contributed by atoms with van der Waals surface area (Å²) in [7, 11) is 0. The van der Waals surface area contributed by atoms with Crippen molar-refractivity contribution in [2.45, 2.75) is 88.8 Å². The molecule has 4 N–H and O–H groups in total. The Morgan fingerprint density at radius 2 is 1.77 bits per heavy atom. The smallest absolute Gasteiger partial charge is 0.408 e. The molecule has 2 fully saturated rings. The van der Waals surface area contributed by atoms with Gasteiger partial charge in [0.05, 0.1) is 12.6 Å². The van der Waals surface area contributed by atoms with E-state index in [4.69, 9.17) is 27.9 Å². The maximum Gasteiger partial charge on any atom is 0.408 e. The number of aliphatic hydroxyl groups excluding tert-OH is 1. The molecule has 1 heterocycles. The molecular formula is C33H43Cl2N3O5. The van der Waals surface area contributed by atoms with E-state index in [0.29, 0.717) is 41.4 Å². The zero-order valence-electron chi connectivity index (χ0n) is 24.9. The lowest BCUT2D eigenvalue weighted by Crippen LogP contribution is -2.52. The van der Waals surface area contributed by atoms with E-state index in [2.05, 4.69) is 16.0 Å². The summed E-state index contributed by atoms with van der Waals surface area (Å²) in [5, 5.41) is 19.6. The van der Waals surface area contributed by atoms with Gasteiger partial charge in [0.1, 0.15) is 12.1 Å².